The number of nitrogens with one attached hydrogen (secondary N) is 2. The van der Waals surface area contributed by atoms with E-state index in [1.165, 1.54) is 11.3 Å². The number of benzene rings is 1. The van der Waals surface area contributed by atoms with E-state index in [1.807, 2.05) is 25.1 Å². The molecule has 28 heavy (non-hydrogen) atoms. The average molecular weight is 418 g/mol. The summed E-state index contributed by atoms with van der Waals surface area (Å²) in [4.78, 5) is 25.3. The molecule has 0 unspecified atom stereocenters. The number of para-hydroxylation sites is 1. The van der Waals surface area contributed by atoms with Crippen LogP contribution in [0.5, 0.6) is 5.75 Å². The molecule has 1 heterocycles. The van der Waals surface area contributed by atoms with Crippen molar-refractivity contribution in [2.75, 3.05) is 11.9 Å². The molecule has 1 aromatic carbocycles. The van der Waals surface area contributed by atoms with Gasteiger partial charge in [0.1, 0.15) is 10.8 Å². The van der Waals surface area contributed by atoms with E-state index < -0.39 is 5.91 Å². The second kappa shape index (κ2) is 8.70. The number of hydrogen-bond acceptors (Lipinski definition) is 5. The molecule has 6 nitrogen and oxygen atoms in total. The van der Waals surface area contributed by atoms with Gasteiger partial charge < -0.3 is 15.8 Å². The summed E-state index contributed by atoms with van der Waals surface area (Å²) < 4.78 is 5.52. The lowest BCUT2D eigenvalue weighted by Gasteiger charge is -2.18. The third-order valence-electron chi connectivity index (χ3n) is 4.69. The maximum Gasteiger partial charge on any atom is 0.264 e. The predicted molar refractivity (Wildman–Crippen MR) is 115 cm³/mol. The maximum atomic E-state index is 12.1. The van der Waals surface area contributed by atoms with Crippen molar-refractivity contribution in [1.82, 2.24) is 5.32 Å². The van der Waals surface area contributed by atoms with Crippen molar-refractivity contribution in [1.29, 1.82) is 0 Å². The molecule has 0 spiro atoms. The van der Waals surface area contributed by atoms with E-state index in [1.54, 1.807) is 6.07 Å². The highest BCUT2D eigenvalue weighted by atomic mass is 32.1. The van der Waals surface area contributed by atoms with Crippen molar-refractivity contribution in [2.24, 2.45) is 11.7 Å². The minimum Gasteiger partial charge on any atom is -0.483 e. The van der Waals surface area contributed by atoms with E-state index in [0.29, 0.717) is 22.2 Å². The molecule has 1 aliphatic rings. The molecule has 0 fully saturated rings. The zero-order valence-electron chi connectivity index (χ0n) is 15.8. The van der Waals surface area contributed by atoms with Gasteiger partial charge in [-0.3, -0.25) is 14.9 Å². The second-order valence-electron chi connectivity index (χ2n) is 6.98. The number of thiocarbonyl (C=S) groups is 1. The van der Waals surface area contributed by atoms with E-state index in [0.717, 1.165) is 35.3 Å². The van der Waals surface area contributed by atoms with E-state index in [4.69, 9.17) is 22.7 Å². The number of primary amides is 1. The summed E-state index contributed by atoms with van der Waals surface area (Å²) in [5, 5.41) is 6.26. The van der Waals surface area contributed by atoms with Crippen LogP contribution in [-0.4, -0.2) is 23.5 Å². The molecule has 148 valence electrons. The molecule has 2 amide bonds. The van der Waals surface area contributed by atoms with Crippen molar-refractivity contribution >= 4 is 45.5 Å². The predicted octanol–water partition coefficient (Wildman–Crippen LogP) is 3.17. The molecular weight excluding hydrogens is 394 g/mol. The summed E-state index contributed by atoms with van der Waals surface area (Å²) in [6.07, 6.45) is 2.78. The Bertz CT molecular complexity index is 923. The molecular formula is C20H23N3O3S2. The summed E-state index contributed by atoms with van der Waals surface area (Å²) >= 11 is 6.71. The van der Waals surface area contributed by atoms with E-state index >= 15 is 0 Å². The lowest BCUT2D eigenvalue weighted by Crippen LogP contribution is -2.37. The fourth-order valence-corrected chi connectivity index (χ4v) is 4.96. The Morgan fingerprint density at radius 3 is 2.82 bits per heavy atom. The van der Waals surface area contributed by atoms with Crippen molar-refractivity contribution in [2.45, 2.75) is 33.1 Å². The van der Waals surface area contributed by atoms with Gasteiger partial charge in [0, 0.05) is 4.88 Å². The molecule has 0 aliphatic heterocycles. The number of ether oxygens (including phenoxy) is 1. The fraction of sp³-hybridized carbons (Fsp3) is 0.350. The van der Waals surface area contributed by atoms with Gasteiger partial charge in [0.15, 0.2) is 11.7 Å². The van der Waals surface area contributed by atoms with Gasteiger partial charge in [0.25, 0.3) is 11.8 Å². The van der Waals surface area contributed by atoms with Crippen LogP contribution >= 0.6 is 23.6 Å². The highest BCUT2D eigenvalue weighted by Crippen LogP contribution is 2.39. The van der Waals surface area contributed by atoms with Gasteiger partial charge in [-0.25, -0.2) is 0 Å². The molecule has 0 bridgehead atoms. The van der Waals surface area contributed by atoms with Crippen LogP contribution in [0.2, 0.25) is 0 Å². The molecule has 1 aromatic heterocycles. The number of carbonyl (C=O) groups is 2. The van der Waals surface area contributed by atoms with E-state index in [2.05, 4.69) is 17.6 Å². The second-order valence-corrected chi connectivity index (χ2v) is 8.49. The third kappa shape index (κ3) is 4.69. The molecule has 0 radical (unpaired) electrons. The average Bonchev–Trinajstić information content (AvgIpc) is 2.97. The van der Waals surface area contributed by atoms with Crippen LogP contribution in [0, 0.1) is 12.8 Å². The van der Waals surface area contributed by atoms with Crippen LogP contribution in [0.3, 0.4) is 0 Å². The molecule has 1 aliphatic carbocycles. The number of nitrogens with two attached hydrogens (primary N) is 1. The Labute approximate surface area is 173 Å². The standard InChI is InChI=1S/C20H23N3O3S2/c1-11-7-8-13-15(9-11)28-19(17(13)18(21)25)23-20(27)22-16(24)10-26-14-6-4-3-5-12(14)2/h3-6,11H,7-10H2,1-2H3,(H2,21,25)(H2,22,23,24,27)/t11-/m0/s1. The SMILES string of the molecule is Cc1ccccc1OCC(=O)NC(=S)Nc1sc2c(c1C(N)=O)CC[C@H](C)C2. The van der Waals surface area contributed by atoms with Crippen molar-refractivity contribution in [3.05, 3.63) is 45.8 Å². The Morgan fingerprint density at radius 2 is 2.11 bits per heavy atom. The van der Waals surface area contributed by atoms with Gasteiger partial charge in [-0.15, -0.1) is 11.3 Å². The number of carbonyl (C=O) groups excluding carboxylic acids is 2. The number of hydrogen-bond donors (Lipinski definition) is 3. The van der Waals surface area contributed by atoms with Crippen LogP contribution in [0.4, 0.5) is 5.00 Å². The minimum atomic E-state index is -0.480. The number of anilines is 1. The monoisotopic (exact) mass is 417 g/mol. The van der Waals surface area contributed by atoms with Crippen LogP contribution in [0.25, 0.3) is 0 Å². The van der Waals surface area contributed by atoms with Gasteiger partial charge in [-0.1, -0.05) is 25.1 Å². The number of thiophene rings is 1. The largest absolute Gasteiger partial charge is 0.483 e. The molecule has 4 N–H and O–H groups in total. The molecule has 1 atom stereocenters. The van der Waals surface area contributed by atoms with E-state index in [-0.39, 0.29) is 17.6 Å². The highest BCUT2D eigenvalue weighted by Gasteiger charge is 2.27. The summed E-state index contributed by atoms with van der Waals surface area (Å²) in [7, 11) is 0. The van der Waals surface area contributed by atoms with Crippen molar-refractivity contribution < 1.29 is 14.3 Å². The Morgan fingerprint density at radius 1 is 1.36 bits per heavy atom. The highest BCUT2D eigenvalue weighted by molar-refractivity contribution is 7.80. The Kier molecular flexibility index (Phi) is 6.31. The number of fused-ring (bicyclic) bond motifs is 1. The van der Waals surface area contributed by atoms with Crippen LogP contribution in [-0.2, 0) is 17.6 Å². The Balaban J connectivity index is 1.62. The summed E-state index contributed by atoms with van der Waals surface area (Å²) in [6.45, 7) is 3.94. The van der Waals surface area contributed by atoms with Gasteiger partial charge in [0.05, 0.1) is 5.56 Å². The van der Waals surface area contributed by atoms with E-state index in [9.17, 15) is 9.59 Å². The molecule has 3 rings (SSSR count). The fourth-order valence-electron chi connectivity index (χ4n) is 3.26. The van der Waals surface area contributed by atoms with Gasteiger partial charge in [-0.05, 0) is 61.5 Å². The molecule has 0 saturated heterocycles. The first-order valence-corrected chi connectivity index (χ1v) is 10.3. The normalized spacial score (nSPS) is 15.4. The summed E-state index contributed by atoms with van der Waals surface area (Å²) in [5.74, 6) is 0.362. The number of rotatable bonds is 5. The summed E-state index contributed by atoms with van der Waals surface area (Å²) in [6, 6.07) is 7.45. The Hall–Kier alpha value is -2.45. The lowest BCUT2D eigenvalue weighted by atomic mass is 9.88. The molecule has 2 aromatic rings. The minimum absolute atomic E-state index is 0.118. The lowest BCUT2D eigenvalue weighted by molar-refractivity contribution is -0.121. The smallest absolute Gasteiger partial charge is 0.264 e. The first-order valence-electron chi connectivity index (χ1n) is 9.08. The molecule has 0 saturated carbocycles. The quantitative estimate of drug-likeness (QED) is 0.650. The van der Waals surface area contributed by atoms with Gasteiger partial charge in [0.2, 0.25) is 0 Å². The third-order valence-corrected chi connectivity index (χ3v) is 6.06. The maximum absolute atomic E-state index is 12.1. The molecule has 8 heteroatoms. The van der Waals surface area contributed by atoms with Crippen molar-refractivity contribution in [3.63, 3.8) is 0 Å². The first kappa shape index (κ1) is 20.3. The van der Waals surface area contributed by atoms with Crippen molar-refractivity contribution in [3.8, 4) is 5.75 Å². The van der Waals surface area contributed by atoms with Crippen LogP contribution in [0.15, 0.2) is 24.3 Å². The zero-order valence-corrected chi connectivity index (χ0v) is 17.5. The first-order chi connectivity index (χ1) is 13.3. The van der Waals surface area contributed by atoms with Gasteiger partial charge >= 0.3 is 0 Å². The topological polar surface area (TPSA) is 93.4 Å². The summed E-state index contributed by atoms with van der Waals surface area (Å²) in [5.41, 5.74) is 8.04. The van der Waals surface area contributed by atoms with Gasteiger partial charge in [-0.2, -0.15) is 0 Å². The number of amides is 2. The van der Waals surface area contributed by atoms with Crippen LogP contribution in [0.1, 0.15) is 39.7 Å². The number of aryl methyl sites for hydroxylation is 1. The van der Waals surface area contributed by atoms with Crippen LogP contribution < -0.4 is 21.1 Å². The zero-order chi connectivity index (χ0) is 20.3.